The summed E-state index contributed by atoms with van der Waals surface area (Å²) in [5.74, 6) is 0.462. The van der Waals surface area contributed by atoms with Crippen LogP contribution in [0, 0.1) is 5.92 Å². The molecule has 116 valence electrons. The van der Waals surface area contributed by atoms with Crippen LogP contribution in [0.2, 0.25) is 0 Å². The molecule has 0 spiro atoms. The van der Waals surface area contributed by atoms with Gasteiger partial charge in [-0.05, 0) is 31.0 Å². The second-order valence-corrected chi connectivity index (χ2v) is 5.85. The molecule has 2 aromatic rings. The average Bonchev–Trinajstić information content (AvgIpc) is 3.19. The zero-order valence-electron chi connectivity index (χ0n) is 12.7. The SMILES string of the molecule is CN(Cc1cccnc1)CC1CCN(C(=O)c2ccon2)C1. The summed E-state index contributed by atoms with van der Waals surface area (Å²) in [6.45, 7) is 3.42. The van der Waals surface area contributed by atoms with E-state index < -0.39 is 0 Å². The number of pyridine rings is 1. The van der Waals surface area contributed by atoms with Crippen LogP contribution in [0.1, 0.15) is 22.5 Å². The second-order valence-electron chi connectivity index (χ2n) is 5.85. The molecule has 0 saturated carbocycles. The van der Waals surface area contributed by atoms with Crippen LogP contribution in [0.3, 0.4) is 0 Å². The first-order valence-corrected chi connectivity index (χ1v) is 7.49. The molecule has 6 nitrogen and oxygen atoms in total. The Hall–Kier alpha value is -2.21. The van der Waals surface area contributed by atoms with Crippen molar-refractivity contribution in [3.05, 3.63) is 48.1 Å². The van der Waals surface area contributed by atoms with Crippen LogP contribution in [0.15, 0.2) is 41.4 Å². The Morgan fingerprint density at radius 3 is 3.14 bits per heavy atom. The van der Waals surface area contributed by atoms with Crippen molar-refractivity contribution in [3.63, 3.8) is 0 Å². The van der Waals surface area contributed by atoms with Gasteiger partial charge in [0.1, 0.15) is 6.26 Å². The molecular weight excluding hydrogens is 280 g/mol. The lowest BCUT2D eigenvalue weighted by molar-refractivity contribution is 0.0774. The van der Waals surface area contributed by atoms with Crippen LogP contribution >= 0.6 is 0 Å². The summed E-state index contributed by atoms with van der Waals surface area (Å²) in [7, 11) is 2.11. The summed E-state index contributed by atoms with van der Waals surface area (Å²) >= 11 is 0. The molecule has 3 rings (SSSR count). The Labute approximate surface area is 129 Å². The van der Waals surface area contributed by atoms with E-state index in [0.717, 1.165) is 32.6 Å². The molecule has 1 atom stereocenters. The van der Waals surface area contributed by atoms with Crippen LogP contribution in [0.5, 0.6) is 0 Å². The first-order valence-electron chi connectivity index (χ1n) is 7.49. The summed E-state index contributed by atoms with van der Waals surface area (Å²) < 4.78 is 4.74. The van der Waals surface area contributed by atoms with Crippen molar-refractivity contribution in [1.29, 1.82) is 0 Å². The van der Waals surface area contributed by atoms with Crippen LogP contribution in [-0.2, 0) is 6.54 Å². The maximum absolute atomic E-state index is 12.2. The molecule has 0 aromatic carbocycles. The van der Waals surface area contributed by atoms with Gasteiger partial charge < -0.3 is 14.3 Å². The Kier molecular flexibility index (Phi) is 4.48. The van der Waals surface area contributed by atoms with Crippen molar-refractivity contribution >= 4 is 5.91 Å². The van der Waals surface area contributed by atoms with Crippen molar-refractivity contribution < 1.29 is 9.32 Å². The predicted octanol–water partition coefficient (Wildman–Crippen LogP) is 1.66. The van der Waals surface area contributed by atoms with E-state index in [9.17, 15) is 4.79 Å². The Morgan fingerprint density at radius 2 is 2.41 bits per heavy atom. The highest BCUT2D eigenvalue weighted by atomic mass is 16.5. The fraction of sp³-hybridized carbons (Fsp3) is 0.438. The van der Waals surface area contributed by atoms with E-state index >= 15 is 0 Å². The summed E-state index contributed by atoms with van der Waals surface area (Å²) in [6, 6.07) is 5.65. The molecule has 1 unspecified atom stereocenters. The number of aromatic nitrogens is 2. The summed E-state index contributed by atoms with van der Waals surface area (Å²) in [5.41, 5.74) is 1.60. The molecule has 1 fully saturated rings. The van der Waals surface area contributed by atoms with E-state index in [4.69, 9.17) is 4.52 Å². The number of likely N-dealkylation sites (tertiary alicyclic amines) is 1. The highest BCUT2D eigenvalue weighted by molar-refractivity contribution is 5.92. The smallest absolute Gasteiger partial charge is 0.276 e. The van der Waals surface area contributed by atoms with Gasteiger partial charge in [-0.2, -0.15) is 0 Å². The predicted molar refractivity (Wildman–Crippen MR) is 81.1 cm³/mol. The van der Waals surface area contributed by atoms with Crippen LogP contribution < -0.4 is 0 Å². The minimum absolute atomic E-state index is 0.0360. The number of amides is 1. The van der Waals surface area contributed by atoms with Crippen molar-refractivity contribution in [1.82, 2.24) is 19.9 Å². The monoisotopic (exact) mass is 300 g/mol. The van der Waals surface area contributed by atoms with Gasteiger partial charge in [0.25, 0.3) is 5.91 Å². The highest BCUT2D eigenvalue weighted by Gasteiger charge is 2.28. The van der Waals surface area contributed by atoms with Crippen molar-refractivity contribution in [3.8, 4) is 0 Å². The molecule has 1 amide bonds. The Balaban J connectivity index is 1.49. The van der Waals surface area contributed by atoms with Gasteiger partial charge in [-0.1, -0.05) is 11.2 Å². The molecule has 0 aliphatic carbocycles. The summed E-state index contributed by atoms with van der Waals surface area (Å²) in [6.07, 6.45) is 6.14. The molecular formula is C16H20N4O2. The zero-order chi connectivity index (χ0) is 15.4. The van der Waals surface area contributed by atoms with E-state index in [2.05, 4.69) is 28.2 Å². The topological polar surface area (TPSA) is 62.5 Å². The van der Waals surface area contributed by atoms with Gasteiger partial charge in [0.15, 0.2) is 5.69 Å². The number of carbonyl (C=O) groups is 1. The van der Waals surface area contributed by atoms with Gasteiger partial charge >= 0.3 is 0 Å². The van der Waals surface area contributed by atoms with Gasteiger partial charge in [-0.25, -0.2) is 0 Å². The van der Waals surface area contributed by atoms with E-state index in [-0.39, 0.29) is 5.91 Å². The summed E-state index contributed by atoms with van der Waals surface area (Å²) in [5, 5.41) is 3.72. The van der Waals surface area contributed by atoms with E-state index in [1.165, 1.54) is 11.8 Å². The first kappa shape index (κ1) is 14.7. The van der Waals surface area contributed by atoms with Crippen molar-refractivity contribution in [2.75, 3.05) is 26.7 Å². The molecule has 0 N–H and O–H groups in total. The lowest BCUT2D eigenvalue weighted by Gasteiger charge is -2.21. The first-order chi connectivity index (χ1) is 10.7. The molecule has 0 radical (unpaired) electrons. The maximum atomic E-state index is 12.2. The number of hydrogen-bond donors (Lipinski definition) is 0. The normalized spacial score (nSPS) is 18.1. The zero-order valence-corrected chi connectivity index (χ0v) is 12.7. The number of rotatable bonds is 5. The molecule has 2 aromatic heterocycles. The fourth-order valence-electron chi connectivity index (χ4n) is 2.96. The fourth-order valence-corrected chi connectivity index (χ4v) is 2.96. The Bertz CT molecular complexity index is 600. The summed E-state index contributed by atoms with van der Waals surface area (Å²) in [4.78, 5) is 20.5. The third kappa shape index (κ3) is 3.51. The number of nitrogens with zero attached hydrogens (tertiary/aromatic N) is 4. The number of carbonyl (C=O) groups excluding carboxylic acids is 1. The maximum Gasteiger partial charge on any atom is 0.276 e. The molecule has 0 bridgehead atoms. The van der Waals surface area contributed by atoms with E-state index in [1.54, 1.807) is 12.3 Å². The standard InChI is InChI=1S/C16H20N4O2/c1-19(10-13-3-2-6-17-9-13)11-14-4-7-20(12-14)16(21)15-5-8-22-18-15/h2-3,5-6,8-9,14H,4,7,10-12H2,1H3. The minimum Gasteiger partial charge on any atom is -0.364 e. The third-order valence-corrected chi connectivity index (χ3v) is 3.98. The molecule has 22 heavy (non-hydrogen) atoms. The van der Waals surface area contributed by atoms with Crippen LogP contribution in [-0.4, -0.2) is 52.5 Å². The second kappa shape index (κ2) is 6.70. The van der Waals surface area contributed by atoms with Gasteiger partial charge in [-0.3, -0.25) is 9.78 Å². The highest BCUT2D eigenvalue weighted by Crippen LogP contribution is 2.19. The largest absolute Gasteiger partial charge is 0.364 e. The third-order valence-electron chi connectivity index (χ3n) is 3.98. The van der Waals surface area contributed by atoms with Gasteiger partial charge in [0.05, 0.1) is 0 Å². The lowest BCUT2D eigenvalue weighted by atomic mass is 10.1. The molecule has 1 aliphatic heterocycles. The minimum atomic E-state index is -0.0360. The van der Waals surface area contributed by atoms with E-state index in [1.807, 2.05) is 17.2 Å². The van der Waals surface area contributed by atoms with Crippen molar-refractivity contribution in [2.45, 2.75) is 13.0 Å². The molecule has 1 saturated heterocycles. The van der Waals surface area contributed by atoms with E-state index in [0.29, 0.717) is 11.6 Å². The van der Waals surface area contributed by atoms with Crippen molar-refractivity contribution in [2.24, 2.45) is 5.92 Å². The Morgan fingerprint density at radius 1 is 1.50 bits per heavy atom. The number of hydrogen-bond acceptors (Lipinski definition) is 5. The molecule has 3 heterocycles. The lowest BCUT2D eigenvalue weighted by Crippen LogP contribution is -2.31. The van der Waals surface area contributed by atoms with Crippen LogP contribution in [0.25, 0.3) is 0 Å². The average molecular weight is 300 g/mol. The molecule has 6 heteroatoms. The van der Waals surface area contributed by atoms with Crippen LogP contribution in [0.4, 0.5) is 0 Å². The van der Waals surface area contributed by atoms with Gasteiger partial charge in [0.2, 0.25) is 0 Å². The van der Waals surface area contributed by atoms with Gasteiger partial charge in [0, 0.05) is 44.6 Å². The molecule has 1 aliphatic rings. The quantitative estimate of drug-likeness (QED) is 0.840. The van der Waals surface area contributed by atoms with Gasteiger partial charge in [-0.15, -0.1) is 0 Å².